The van der Waals surface area contributed by atoms with E-state index in [2.05, 4.69) is 0 Å². The summed E-state index contributed by atoms with van der Waals surface area (Å²) in [6.45, 7) is 0. The van der Waals surface area contributed by atoms with E-state index in [4.69, 9.17) is 4.74 Å². The highest BCUT2D eigenvalue weighted by molar-refractivity contribution is 6.09. The molecule has 0 spiro atoms. The molecule has 2 atom stereocenters. The predicted octanol–water partition coefficient (Wildman–Crippen LogP) is 3.74. The number of fused-ring (bicyclic) bond motifs is 5. The summed E-state index contributed by atoms with van der Waals surface area (Å²) in [5.41, 5.74) is 3.30. The lowest BCUT2D eigenvalue weighted by Gasteiger charge is -2.09. The van der Waals surface area contributed by atoms with Gasteiger partial charge in [0.2, 0.25) is 0 Å². The molecule has 2 heterocycles. The summed E-state index contributed by atoms with van der Waals surface area (Å²) in [5.74, 6) is -0.439. The number of halogens is 1. The Bertz CT molecular complexity index is 731. The first-order valence-corrected chi connectivity index (χ1v) is 6.50. The van der Waals surface area contributed by atoms with Crippen molar-refractivity contribution >= 4 is 5.78 Å². The monoisotopic (exact) mass is 266 g/mol. The van der Waals surface area contributed by atoms with Crippen molar-refractivity contribution in [2.45, 2.75) is 12.2 Å². The summed E-state index contributed by atoms with van der Waals surface area (Å²) in [6.07, 6.45) is 4.05. The van der Waals surface area contributed by atoms with E-state index in [0.717, 1.165) is 11.1 Å². The molecule has 3 heteroatoms. The highest BCUT2D eigenvalue weighted by Crippen LogP contribution is 2.45. The molecular formula is C17H11FO2. The van der Waals surface area contributed by atoms with Gasteiger partial charge in [-0.3, -0.25) is 4.79 Å². The molecule has 0 radical (unpaired) electrons. The maximum atomic E-state index is 12.9. The zero-order valence-electron chi connectivity index (χ0n) is 10.5. The molecule has 0 saturated heterocycles. The van der Waals surface area contributed by atoms with Crippen LogP contribution in [0.15, 0.2) is 54.6 Å². The summed E-state index contributed by atoms with van der Waals surface area (Å²) in [5, 5.41) is 0. The van der Waals surface area contributed by atoms with Gasteiger partial charge >= 0.3 is 0 Å². The van der Waals surface area contributed by atoms with Crippen LogP contribution in [0.1, 0.15) is 39.3 Å². The van der Waals surface area contributed by atoms with Gasteiger partial charge in [0.25, 0.3) is 0 Å². The number of hydrogen-bond acceptors (Lipinski definition) is 2. The summed E-state index contributed by atoms with van der Waals surface area (Å²) in [7, 11) is 0. The maximum absolute atomic E-state index is 12.9. The van der Waals surface area contributed by atoms with Crippen LogP contribution in [-0.4, -0.2) is 5.78 Å². The fourth-order valence-electron chi connectivity index (χ4n) is 2.79. The Labute approximate surface area is 115 Å². The molecule has 2 aromatic rings. The Morgan fingerprint density at radius 3 is 2.30 bits per heavy atom. The second kappa shape index (κ2) is 4.12. The van der Waals surface area contributed by atoms with Crippen LogP contribution in [0.3, 0.4) is 0 Å². The molecule has 20 heavy (non-hydrogen) atoms. The smallest absolute Gasteiger partial charge is 0.193 e. The average molecular weight is 266 g/mol. The molecule has 2 aliphatic rings. The van der Waals surface area contributed by atoms with E-state index in [-0.39, 0.29) is 23.8 Å². The SMILES string of the molecule is O=C(c1ccc(F)cc1)c1ccc2c(c1)C1C=CC2O1. The predicted molar refractivity (Wildman–Crippen MR) is 72.0 cm³/mol. The molecule has 0 amide bonds. The van der Waals surface area contributed by atoms with Gasteiger partial charge in [-0.25, -0.2) is 4.39 Å². The Morgan fingerprint density at radius 2 is 1.55 bits per heavy atom. The fourth-order valence-corrected chi connectivity index (χ4v) is 2.79. The number of hydrogen-bond donors (Lipinski definition) is 0. The number of ether oxygens (including phenoxy) is 1. The highest BCUT2D eigenvalue weighted by atomic mass is 19.1. The van der Waals surface area contributed by atoms with Gasteiger partial charge in [0.15, 0.2) is 5.78 Å². The van der Waals surface area contributed by atoms with E-state index in [0.29, 0.717) is 11.1 Å². The lowest BCUT2D eigenvalue weighted by molar-refractivity contribution is 0.0878. The summed E-state index contributed by atoms with van der Waals surface area (Å²) in [4.78, 5) is 12.4. The van der Waals surface area contributed by atoms with Crippen LogP contribution in [-0.2, 0) is 4.74 Å². The molecule has 2 aliphatic heterocycles. The van der Waals surface area contributed by atoms with Crippen molar-refractivity contribution in [3.63, 3.8) is 0 Å². The molecular weight excluding hydrogens is 255 g/mol. The molecule has 2 bridgehead atoms. The Kier molecular flexibility index (Phi) is 2.38. The van der Waals surface area contributed by atoms with Crippen molar-refractivity contribution in [2.24, 2.45) is 0 Å². The first kappa shape index (κ1) is 11.6. The van der Waals surface area contributed by atoms with Crippen molar-refractivity contribution in [1.82, 2.24) is 0 Å². The molecule has 4 rings (SSSR count). The second-order valence-corrected chi connectivity index (χ2v) is 5.04. The summed E-state index contributed by atoms with van der Waals surface area (Å²) < 4.78 is 18.6. The molecule has 0 fully saturated rings. The van der Waals surface area contributed by atoms with Crippen LogP contribution in [0, 0.1) is 5.82 Å². The molecule has 2 nitrogen and oxygen atoms in total. The molecule has 0 saturated carbocycles. The molecule has 2 unspecified atom stereocenters. The number of carbonyl (C=O) groups excluding carboxylic acids is 1. The van der Waals surface area contributed by atoms with Crippen molar-refractivity contribution in [1.29, 1.82) is 0 Å². The Hall–Kier alpha value is -2.26. The van der Waals surface area contributed by atoms with Crippen molar-refractivity contribution in [3.05, 3.63) is 82.7 Å². The number of carbonyl (C=O) groups is 1. The van der Waals surface area contributed by atoms with Crippen LogP contribution in [0.4, 0.5) is 4.39 Å². The molecule has 0 aromatic heterocycles. The van der Waals surface area contributed by atoms with Gasteiger partial charge in [-0.05, 0) is 41.5 Å². The lowest BCUT2D eigenvalue weighted by Crippen LogP contribution is -2.03. The average Bonchev–Trinajstić information content (AvgIpc) is 3.09. The van der Waals surface area contributed by atoms with E-state index >= 15 is 0 Å². The second-order valence-electron chi connectivity index (χ2n) is 5.04. The minimum atomic E-state index is -0.341. The van der Waals surface area contributed by atoms with Crippen LogP contribution in [0.5, 0.6) is 0 Å². The third-order valence-electron chi connectivity index (χ3n) is 3.82. The van der Waals surface area contributed by atoms with E-state index in [1.807, 2.05) is 30.4 Å². The summed E-state index contributed by atoms with van der Waals surface area (Å²) in [6, 6.07) is 11.3. The van der Waals surface area contributed by atoms with Gasteiger partial charge in [0.05, 0.1) is 0 Å². The molecule has 98 valence electrons. The standard InChI is InChI=1S/C17H11FO2/c18-12-4-1-10(2-5-12)17(19)11-3-6-13-14(9-11)16-8-7-15(13)20-16/h1-9,15-16H. The topological polar surface area (TPSA) is 26.3 Å². The Morgan fingerprint density at radius 1 is 0.900 bits per heavy atom. The van der Waals surface area contributed by atoms with Crippen LogP contribution < -0.4 is 0 Å². The maximum Gasteiger partial charge on any atom is 0.193 e. The number of rotatable bonds is 2. The van der Waals surface area contributed by atoms with Gasteiger partial charge in [-0.1, -0.05) is 24.3 Å². The van der Waals surface area contributed by atoms with Crippen molar-refractivity contribution in [2.75, 3.05) is 0 Å². The molecule has 0 N–H and O–H groups in total. The molecule has 0 aliphatic carbocycles. The normalized spacial score (nSPS) is 22.1. The highest BCUT2D eigenvalue weighted by Gasteiger charge is 2.33. The van der Waals surface area contributed by atoms with Crippen LogP contribution >= 0.6 is 0 Å². The quantitative estimate of drug-likeness (QED) is 0.611. The third kappa shape index (κ3) is 1.63. The first-order chi connectivity index (χ1) is 9.72. The summed E-state index contributed by atoms with van der Waals surface area (Å²) >= 11 is 0. The first-order valence-electron chi connectivity index (χ1n) is 6.50. The minimum Gasteiger partial charge on any atom is -0.357 e. The van der Waals surface area contributed by atoms with E-state index in [9.17, 15) is 9.18 Å². The lowest BCUT2D eigenvalue weighted by atomic mass is 9.92. The molecule has 2 aromatic carbocycles. The van der Waals surface area contributed by atoms with Gasteiger partial charge in [0.1, 0.15) is 18.0 Å². The van der Waals surface area contributed by atoms with Gasteiger partial charge < -0.3 is 4.74 Å². The fraction of sp³-hybridized carbons (Fsp3) is 0.118. The number of ketones is 1. The zero-order chi connectivity index (χ0) is 13.7. The van der Waals surface area contributed by atoms with E-state index < -0.39 is 0 Å². The van der Waals surface area contributed by atoms with E-state index in [1.54, 1.807) is 0 Å². The van der Waals surface area contributed by atoms with Crippen LogP contribution in [0.25, 0.3) is 0 Å². The van der Waals surface area contributed by atoms with Gasteiger partial charge in [0, 0.05) is 11.1 Å². The Balaban J connectivity index is 1.72. The van der Waals surface area contributed by atoms with Crippen LogP contribution in [0.2, 0.25) is 0 Å². The number of benzene rings is 2. The minimum absolute atomic E-state index is 0.0315. The third-order valence-corrected chi connectivity index (χ3v) is 3.82. The van der Waals surface area contributed by atoms with Crippen molar-refractivity contribution < 1.29 is 13.9 Å². The largest absolute Gasteiger partial charge is 0.357 e. The zero-order valence-corrected chi connectivity index (χ0v) is 10.5. The van der Waals surface area contributed by atoms with Crippen molar-refractivity contribution in [3.8, 4) is 0 Å². The van der Waals surface area contributed by atoms with Gasteiger partial charge in [-0.2, -0.15) is 0 Å². The van der Waals surface area contributed by atoms with E-state index in [1.165, 1.54) is 24.3 Å². The van der Waals surface area contributed by atoms with Gasteiger partial charge in [-0.15, -0.1) is 0 Å².